The number of pyridine rings is 1. The van der Waals surface area contributed by atoms with E-state index in [2.05, 4.69) is 15.4 Å². The highest BCUT2D eigenvalue weighted by Crippen LogP contribution is 2.17. The van der Waals surface area contributed by atoms with Crippen LogP contribution in [0.2, 0.25) is 0 Å². The zero-order valence-electron chi connectivity index (χ0n) is 13.3. The molecule has 1 aliphatic heterocycles. The number of urea groups is 1. The van der Waals surface area contributed by atoms with Gasteiger partial charge in [-0.1, -0.05) is 6.07 Å². The Morgan fingerprint density at radius 1 is 1.42 bits per heavy atom. The fraction of sp³-hybridized carbons (Fsp3) is 0.400. The predicted octanol–water partition coefficient (Wildman–Crippen LogP) is 0.596. The maximum absolute atomic E-state index is 12.3. The van der Waals surface area contributed by atoms with Gasteiger partial charge in [0.2, 0.25) is 0 Å². The minimum atomic E-state index is -3.02. The number of carbonyl (C=O) groups excluding carboxylic acids is 1. The first kappa shape index (κ1) is 16.4. The third kappa shape index (κ3) is 3.56. The van der Waals surface area contributed by atoms with Gasteiger partial charge in [-0.05, 0) is 18.6 Å². The van der Waals surface area contributed by atoms with Crippen molar-refractivity contribution in [2.75, 3.05) is 18.6 Å². The van der Waals surface area contributed by atoms with Crippen LogP contribution in [0.25, 0.3) is 5.82 Å². The monoisotopic (exact) mass is 349 g/mol. The minimum Gasteiger partial charge on any atom is -0.334 e. The van der Waals surface area contributed by atoms with Crippen LogP contribution >= 0.6 is 0 Å². The molecule has 0 aliphatic carbocycles. The predicted molar refractivity (Wildman–Crippen MR) is 88.4 cm³/mol. The normalized spacial score (nSPS) is 19.1. The fourth-order valence-corrected chi connectivity index (χ4v) is 4.49. The number of rotatable bonds is 4. The summed E-state index contributed by atoms with van der Waals surface area (Å²) in [5.74, 6) is 0.817. The molecule has 8 nitrogen and oxygen atoms in total. The molecule has 1 atom stereocenters. The van der Waals surface area contributed by atoms with E-state index in [-0.39, 0.29) is 30.1 Å². The molecule has 2 aromatic heterocycles. The van der Waals surface area contributed by atoms with Crippen molar-refractivity contribution in [1.82, 2.24) is 25.0 Å². The first-order valence-electron chi connectivity index (χ1n) is 7.61. The maximum Gasteiger partial charge on any atom is 0.317 e. The van der Waals surface area contributed by atoms with E-state index in [1.807, 2.05) is 6.07 Å². The highest BCUT2D eigenvalue weighted by atomic mass is 32.2. The second-order valence-electron chi connectivity index (χ2n) is 5.76. The Labute approximate surface area is 140 Å². The maximum atomic E-state index is 12.3. The summed E-state index contributed by atoms with van der Waals surface area (Å²) >= 11 is 0. The van der Waals surface area contributed by atoms with Gasteiger partial charge in [0.05, 0.1) is 11.5 Å². The molecule has 3 rings (SSSR count). The fourth-order valence-electron chi connectivity index (χ4n) is 2.71. The van der Waals surface area contributed by atoms with Crippen LogP contribution in [0.4, 0.5) is 4.79 Å². The van der Waals surface area contributed by atoms with Crippen molar-refractivity contribution in [3.8, 4) is 5.82 Å². The van der Waals surface area contributed by atoms with Crippen molar-refractivity contribution in [3.05, 3.63) is 42.4 Å². The molecule has 1 N–H and O–H groups in total. The Balaban J connectivity index is 1.65. The molecule has 1 fully saturated rings. The van der Waals surface area contributed by atoms with E-state index in [0.29, 0.717) is 12.2 Å². The Morgan fingerprint density at radius 3 is 2.92 bits per heavy atom. The Kier molecular flexibility index (Phi) is 4.52. The summed E-state index contributed by atoms with van der Waals surface area (Å²) in [5, 5.41) is 6.97. The molecule has 0 unspecified atom stereocenters. The number of aromatic nitrogens is 3. The molecular weight excluding hydrogens is 330 g/mol. The molecule has 1 saturated heterocycles. The van der Waals surface area contributed by atoms with Crippen molar-refractivity contribution < 1.29 is 13.2 Å². The van der Waals surface area contributed by atoms with Gasteiger partial charge in [0.25, 0.3) is 0 Å². The van der Waals surface area contributed by atoms with Crippen LogP contribution < -0.4 is 5.32 Å². The van der Waals surface area contributed by atoms with Gasteiger partial charge in [-0.3, -0.25) is 0 Å². The third-order valence-electron chi connectivity index (χ3n) is 4.10. The number of hydrogen-bond donors (Lipinski definition) is 1. The number of sulfone groups is 1. The largest absolute Gasteiger partial charge is 0.334 e. The molecule has 2 amide bonds. The Hall–Kier alpha value is -2.42. The molecule has 0 aromatic carbocycles. The van der Waals surface area contributed by atoms with Crippen LogP contribution in [-0.4, -0.2) is 58.7 Å². The summed E-state index contributed by atoms with van der Waals surface area (Å²) in [6.07, 6.45) is 5.59. The number of amides is 2. The second-order valence-corrected chi connectivity index (χ2v) is 7.99. The van der Waals surface area contributed by atoms with Gasteiger partial charge in [0.15, 0.2) is 15.7 Å². The van der Waals surface area contributed by atoms with Gasteiger partial charge in [0, 0.05) is 43.8 Å². The van der Waals surface area contributed by atoms with E-state index in [1.54, 1.807) is 42.5 Å². The summed E-state index contributed by atoms with van der Waals surface area (Å²) in [7, 11) is -1.40. The first-order valence-corrected chi connectivity index (χ1v) is 9.43. The molecule has 24 heavy (non-hydrogen) atoms. The van der Waals surface area contributed by atoms with E-state index < -0.39 is 9.84 Å². The standard InChI is InChI=1S/C15H19N5O3S/c1-19(13-5-9-24(22,23)11-13)15(21)17-10-12-4-2-6-16-14(12)20-8-3-7-18-20/h2-4,6-8,13H,5,9-11H2,1H3,(H,17,21)/t13-/m0/s1. The SMILES string of the molecule is CN(C(=O)NCc1cccnc1-n1cccn1)[C@H]1CCS(=O)(=O)C1. The first-order chi connectivity index (χ1) is 11.5. The van der Waals surface area contributed by atoms with Crippen LogP contribution in [0.5, 0.6) is 0 Å². The van der Waals surface area contributed by atoms with Crippen LogP contribution in [0.1, 0.15) is 12.0 Å². The zero-order valence-corrected chi connectivity index (χ0v) is 14.1. The van der Waals surface area contributed by atoms with Crippen molar-refractivity contribution >= 4 is 15.9 Å². The van der Waals surface area contributed by atoms with Gasteiger partial charge in [-0.25, -0.2) is 22.9 Å². The van der Waals surface area contributed by atoms with Gasteiger partial charge < -0.3 is 10.2 Å². The molecule has 2 aromatic rings. The van der Waals surface area contributed by atoms with Crippen LogP contribution in [0.3, 0.4) is 0 Å². The number of nitrogens with zero attached hydrogens (tertiary/aromatic N) is 4. The summed E-state index contributed by atoms with van der Waals surface area (Å²) in [5.41, 5.74) is 0.821. The summed E-state index contributed by atoms with van der Waals surface area (Å²) in [4.78, 5) is 18.1. The van der Waals surface area contributed by atoms with E-state index in [9.17, 15) is 13.2 Å². The lowest BCUT2D eigenvalue weighted by Crippen LogP contribution is -2.44. The quantitative estimate of drug-likeness (QED) is 0.871. The molecule has 3 heterocycles. The van der Waals surface area contributed by atoms with E-state index >= 15 is 0 Å². The smallest absolute Gasteiger partial charge is 0.317 e. The highest BCUT2D eigenvalue weighted by Gasteiger charge is 2.32. The average Bonchev–Trinajstić information content (AvgIpc) is 3.21. The van der Waals surface area contributed by atoms with Gasteiger partial charge in [-0.2, -0.15) is 5.10 Å². The molecule has 0 bridgehead atoms. The average molecular weight is 349 g/mol. The lowest BCUT2D eigenvalue weighted by molar-refractivity contribution is 0.194. The zero-order chi connectivity index (χ0) is 17.2. The minimum absolute atomic E-state index is 0.0301. The van der Waals surface area contributed by atoms with Gasteiger partial charge in [-0.15, -0.1) is 0 Å². The third-order valence-corrected chi connectivity index (χ3v) is 5.85. The van der Waals surface area contributed by atoms with E-state index in [4.69, 9.17) is 0 Å². The van der Waals surface area contributed by atoms with Crippen LogP contribution in [0.15, 0.2) is 36.8 Å². The lowest BCUT2D eigenvalue weighted by Gasteiger charge is -2.23. The number of carbonyl (C=O) groups is 1. The summed E-state index contributed by atoms with van der Waals surface area (Å²) in [6.45, 7) is 0.283. The van der Waals surface area contributed by atoms with E-state index in [0.717, 1.165) is 5.56 Å². The molecular formula is C15H19N5O3S. The Morgan fingerprint density at radius 2 is 2.25 bits per heavy atom. The topological polar surface area (TPSA) is 97.2 Å². The molecule has 128 valence electrons. The number of hydrogen-bond acceptors (Lipinski definition) is 5. The lowest BCUT2D eigenvalue weighted by atomic mass is 10.2. The number of nitrogens with one attached hydrogen (secondary N) is 1. The van der Waals surface area contributed by atoms with Crippen molar-refractivity contribution in [3.63, 3.8) is 0 Å². The molecule has 9 heteroatoms. The van der Waals surface area contributed by atoms with Crippen LogP contribution in [-0.2, 0) is 16.4 Å². The van der Waals surface area contributed by atoms with Gasteiger partial charge >= 0.3 is 6.03 Å². The van der Waals surface area contributed by atoms with Gasteiger partial charge in [0.1, 0.15) is 0 Å². The molecule has 0 radical (unpaired) electrons. The molecule has 0 spiro atoms. The van der Waals surface area contributed by atoms with Crippen LogP contribution in [0, 0.1) is 0 Å². The molecule has 1 aliphatic rings. The van der Waals surface area contributed by atoms with Crippen molar-refractivity contribution in [2.24, 2.45) is 0 Å². The van der Waals surface area contributed by atoms with Crippen molar-refractivity contribution in [1.29, 1.82) is 0 Å². The van der Waals surface area contributed by atoms with E-state index in [1.165, 1.54) is 4.90 Å². The Bertz CT molecular complexity index is 819. The molecule has 0 saturated carbocycles. The van der Waals surface area contributed by atoms with Crippen molar-refractivity contribution in [2.45, 2.75) is 19.0 Å². The highest BCUT2D eigenvalue weighted by molar-refractivity contribution is 7.91. The second kappa shape index (κ2) is 6.60. The summed E-state index contributed by atoms with van der Waals surface area (Å²) < 4.78 is 24.7. The summed E-state index contributed by atoms with van der Waals surface area (Å²) in [6, 6.07) is 4.89.